The van der Waals surface area contributed by atoms with Crippen LogP contribution in [0.2, 0.25) is 0 Å². The Kier molecular flexibility index (Phi) is 2.76. The van der Waals surface area contributed by atoms with Crippen LogP contribution < -0.4 is 16.4 Å². The monoisotopic (exact) mass is 218 g/mol. The van der Waals surface area contributed by atoms with Crippen LogP contribution in [0.15, 0.2) is 29.3 Å². The lowest BCUT2D eigenvalue weighted by Gasteiger charge is -2.15. The van der Waals surface area contributed by atoms with Crippen molar-refractivity contribution in [1.82, 2.24) is 0 Å². The first-order valence-electron chi connectivity index (χ1n) is 5.12. The van der Waals surface area contributed by atoms with Gasteiger partial charge in [0, 0.05) is 12.2 Å². The molecule has 0 saturated carbocycles. The number of anilines is 1. The lowest BCUT2D eigenvalue weighted by molar-refractivity contribution is -0.117. The average molecular weight is 218 g/mol. The Labute approximate surface area is 93.7 Å². The number of fused-ring (bicyclic) bond motifs is 1. The van der Waals surface area contributed by atoms with Gasteiger partial charge in [-0.3, -0.25) is 4.79 Å². The van der Waals surface area contributed by atoms with Crippen LogP contribution in [-0.2, 0) is 11.2 Å². The minimum Gasteiger partial charge on any atom is -0.370 e. The van der Waals surface area contributed by atoms with E-state index in [2.05, 4.69) is 4.99 Å². The van der Waals surface area contributed by atoms with Crippen molar-refractivity contribution in [1.29, 1.82) is 0 Å². The van der Waals surface area contributed by atoms with Crippen LogP contribution in [0.4, 0.5) is 5.69 Å². The Bertz CT molecular complexity index is 437. The number of nitrogens with two attached hydrogens (primary N) is 2. The summed E-state index contributed by atoms with van der Waals surface area (Å²) in [6.07, 6.45) is 0.893. The third kappa shape index (κ3) is 1.98. The predicted molar refractivity (Wildman–Crippen MR) is 63.2 cm³/mol. The van der Waals surface area contributed by atoms with Crippen LogP contribution in [0.5, 0.6) is 0 Å². The van der Waals surface area contributed by atoms with Crippen LogP contribution in [-0.4, -0.2) is 25.0 Å². The van der Waals surface area contributed by atoms with Gasteiger partial charge in [-0.15, -0.1) is 0 Å². The molecule has 2 rings (SSSR count). The number of carbonyl (C=O) groups excluding carboxylic acids is 1. The second-order valence-electron chi connectivity index (χ2n) is 3.67. The zero-order chi connectivity index (χ0) is 11.5. The first-order chi connectivity index (χ1) is 7.68. The third-order valence-corrected chi connectivity index (χ3v) is 2.59. The summed E-state index contributed by atoms with van der Waals surface area (Å²) in [7, 11) is 0. The van der Waals surface area contributed by atoms with Crippen molar-refractivity contribution in [2.24, 2.45) is 16.5 Å². The van der Waals surface area contributed by atoms with Gasteiger partial charge in [-0.05, 0) is 18.1 Å². The molecule has 84 valence electrons. The molecule has 0 fully saturated rings. The van der Waals surface area contributed by atoms with E-state index in [9.17, 15) is 4.79 Å². The number of aliphatic imine (C=N–C) groups is 1. The van der Waals surface area contributed by atoms with Crippen molar-refractivity contribution in [3.05, 3.63) is 29.8 Å². The molecule has 0 spiro atoms. The maximum Gasteiger partial charge on any atom is 0.248 e. The summed E-state index contributed by atoms with van der Waals surface area (Å²) in [6.45, 7) is 0.717. The molecule has 5 nitrogen and oxygen atoms in total. The minimum atomic E-state index is -0.0710. The zero-order valence-corrected chi connectivity index (χ0v) is 8.89. The Morgan fingerprint density at radius 3 is 2.88 bits per heavy atom. The van der Waals surface area contributed by atoms with E-state index in [-0.39, 0.29) is 18.4 Å². The molecule has 1 aromatic carbocycles. The molecule has 5 heteroatoms. The number of hydrogen-bond acceptors (Lipinski definition) is 2. The normalized spacial score (nSPS) is 13.4. The largest absolute Gasteiger partial charge is 0.370 e. The molecule has 0 aliphatic carbocycles. The number of nitrogens with zero attached hydrogens (tertiary/aromatic N) is 2. The van der Waals surface area contributed by atoms with Gasteiger partial charge in [0.25, 0.3) is 0 Å². The summed E-state index contributed by atoms with van der Waals surface area (Å²) >= 11 is 0. The van der Waals surface area contributed by atoms with Crippen LogP contribution >= 0.6 is 0 Å². The van der Waals surface area contributed by atoms with Crippen LogP contribution in [0.25, 0.3) is 0 Å². The highest BCUT2D eigenvalue weighted by atomic mass is 16.2. The lowest BCUT2D eigenvalue weighted by Crippen LogP contribution is -2.32. The van der Waals surface area contributed by atoms with Gasteiger partial charge in [-0.1, -0.05) is 18.2 Å². The van der Waals surface area contributed by atoms with Crippen LogP contribution in [0, 0.1) is 0 Å². The highest BCUT2D eigenvalue weighted by Crippen LogP contribution is 2.27. The maximum atomic E-state index is 11.8. The van der Waals surface area contributed by atoms with E-state index in [1.165, 1.54) is 5.56 Å². The van der Waals surface area contributed by atoms with Crippen molar-refractivity contribution < 1.29 is 4.79 Å². The minimum absolute atomic E-state index is 0.0106. The first kappa shape index (κ1) is 10.5. The van der Waals surface area contributed by atoms with Gasteiger partial charge in [0.05, 0.1) is 0 Å². The Morgan fingerprint density at radius 1 is 1.38 bits per heavy atom. The van der Waals surface area contributed by atoms with Crippen LogP contribution in [0.1, 0.15) is 5.56 Å². The Balaban J connectivity index is 2.13. The SMILES string of the molecule is NC(N)=NCC(=O)N1CCc2ccccc21. The molecule has 4 N–H and O–H groups in total. The molecule has 0 radical (unpaired) electrons. The van der Waals surface area contributed by atoms with E-state index in [1.807, 2.05) is 24.3 Å². The molecular weight excluding hydrogens is 204 g/mol. The number of guanidine groups is 1. The molecule has 0 aromatic heterocycles. The maximum absolute atomic E-state index is 11.8. The van der Waals surface area contributed by atoms with Gasteiger partial charge < -0.3 is 16.4 Å². The molecule has 1 heterocycles. The van der Waals surface area contributed by atoms with E-state index in [0.717, 1.165) is 12.1 Å². The zero-order valence-electron chi connectivity index (χ0n) is 8.89. The van der Waals surface area contributed by atoms with Crippen molar-refractivity contribution in [3.8, 4) is 0 Å². The van der Waals surface area contributed by atoms with Crippen molar-refractivity contribution in [3.63, 3.8) is 0 Å². The third-order valence-electron chi connectivity index (χ3n) is 2.59. The van der Waals surface area contributed by atoms with Crippen molar-refractivity contribution in [2.75, 3.05) is 18.0 Å². The fraction of sp³-hybridized carbons (Fsp3) is 0.273. The molecule has 0 bridgehead atoms. The summed E-state index contributed by atoms with van der Waals surface area (Å²) in [6, 6.07) is 7.87. The van der Waals surface area contributed by atoms with Gasteiger partial charge in [0.2, 0.25) is 5.91 Å². The average Bonchev–Trinajstić information content (AvgIpc) is 2.69. The van der Waals surface area contributed by atoms with E-state index in [4.69, 9.17) is 11.5 Å². The molecule has 1 aliphatic heterocycles. The van der Waals surface area contributed by atoms with E-state index >= 15 is 0 Å². The predicted octanol–water partition coefficient (Wildman–Crippen LogP) is -0.151. The number of amides is 1. The Hall–Kier alpha value is -2.04. The summed E-state index contributed by atoms with van der Waals surface area (Å²) < 4.78 is 0. The highest BCUT2D eigenvalue weighted by molar-refractivity contribution is 5.97. The van der Waals surface area contributed by atoms with Crippen LogP contribution in [0.3, 0.4) is 0 Å². The standard InChI is InChI=1S/C11H14N4O/c12-11(13)14-7-10(16)15-6-5-8-3-1-2-4-9(8)15/h1-4H,5-7H2,(H4,12,13,14). The summed E-state index contributed by atoms with van der Waals surface area (Å²) in [5.74, 6) is -0.126. The number of rotatable bonds is 2. The number of benzene rings is 1. The highest BCUT2D eigenvalue weighted by Gasteiger charge is 2.23. The summed E-state index contributed by atoms with van der Waals surface area (Å²) in [5.41, 5.74) is 12.5. The molecule has 1 aromatic rings. The summed E-state index contributed by atoms with van der Waals surface area (Å²) in [5, 5.41) is 0. The number of para-hydroxylation sites is 1. The van der Waals surface area contributed by atoms with Crippen molar-refractivity contribution >= 4 is 17.6 Å². The fourth-order valence-corrected chi connectivity index (χ4v) is 1.84. The molecule has 16 heavy (non-hydrogen) atoms. The van der Waals surface area contributed by atoms with Gasteiger partial charge in [-0.25, -0.2) is 4.99 Å². The second kappa shape index (κ2) is 4.22. The van der Waals surface area contributed by atoms with Gasteiger partial charge in [-0.2, -0.15) is 0 Å². The van der Waals surface area contributed by atoms with Gasteiger partial charge >= 0.3 is 0 Å². The molecule has 0 atom stereocenters. The molecule has 0 saturated heterocycles. The topological polar surface area (TPSA) is 84.7 Å². The van der Waals surface area contributed by atoms with E-state index < -0.39 is 0 Å². The molecular formula is C11H14N4O. The van der Waals surface area contributed by atoms with Crippen molar-refractivity contribution in [2.45, 2.75) is 6.42 Å². The molecule has 0 unspecified atom stereocenters. The fourth-order valence-electron chi connectivity index (χ4n) is 1.84. The van der Waals surface area contributed by atoms with E-state index in [0.29, 0.717) is 6.54 Å². The van der Waals surface area contributed by atoms with E-state index in [1.54, 1.807) is 4.90 Å². The van der Waals surface area contributed by atoms with Gasteiger partial charge in [0.1, 0.15) is 6.54 Å². The molecule has 1 aliphatic rings. The second-order valence-corrected chi connectivity index (χ2v) is 3.67. The smallest absolute Gasteiger partial charge is 0.248 e. The first-order valence-corrected chi connectivity index (χ1v) is 5.12. The lowest BCUT2D eigenvalue weighted by atomic mass is 10.2. The molecule has 1 amide bonds. The quantitative estimate of drug-likeness (QED) is 0.534. The Morgan fingerprint density at radius 2 is 2.12 bits per heavy atom. The summed E-state index contributed by atoms with van der Waals surface area (Å²) in [4.78, 5) is 17.3. The number of hydrogen-bond donors (Lipinski definition) is 2. The van der Waals surface area contributed by atoms with Gasteiger partial charge in [0.15, 0.2) is 5.96 Å². The number of carbonyl (C=O) groups is 1.